The van der Waals surface area contributed by atoms with E-state index in [0.717, 1.165) is 24.1 Å². The van der Waals surface area contributed by atoms with Gasteiger partial charge < -0.3 is 10.4 Å². The van der Waals surface area contributed by atoms with Crippen LogP contribution in [0, 0.1) is 5.92 Å². The Hall–Kier alpha value is -1.22. The van der Waals surface area contributed by atoms with E-state index in [4.69, 9.17) is 16.7 Å². The van der Waals surface area contributed by atoms with Gasteiger partial charge in [0.15, 0.2) is 0 Å². The lowest BCUT2D eigenvalue weighted by atomic mass is 9.91. The number of anilines is 1. The Morgan fingerprint density at radius 1 is 1.59 bits per heavy atom. The highest BCUT2D eigenvalue weighted by Gasteiger charge is 2.33. The van der Waals surface area contributed by atoms with Crippen molar-refractivity contribution in [3.05, 3.63) is 28.8 Å². The quantitative estimate of drug-likeness (QED) is 0.846. The molecule has 0 aromatic heterocycles. The molecule has 0 bridgehead atoms. The number of halogens is 1. The van der Waals surface area contributed by atoms with Crippen LogP contribution in [0.3, 0.4) is 0 Å². The number of hydrogen-bond donors (Lipinski definition) is 2. The van der Waals surface area contributed by atoms with Crippen molar-refractivity contribution in [2.75, 3.05) is 12.4 Å². The summed E-state index contributed by atoms with van der Waals surface area (Å²) in [7, 11) is 1.81. The van der Waals surface area contributed by atoms with Crippen molar-refractivity contribution < 1.29 is 9.90 Å². The second-order valence-corrected chi connectivity index (χ2v) is 4.94. The maximum absolute atomic E-state index is 10.9. The molecule has 0 aliphatic heterocycles. The molecular formula is C13H16ClNO2. The maximum Gasteiger partial charge on any atom is 0.303 e. The van der Waals surface area contributed by atoms with E-state index in [-0.39, 0.29) is 12.3 Å². The first-order chi connectivity index (χ1) is 8.11. The summed E-state index contributed by atoms with van der Waals surface area (Å²) in [5, 5.41) is 12.7. The van der Waals surface area contributed by atoms with Crippen LogP contribution in [-0.4, -0.2) is 18.1 Å². The van der Waals surface area contributed by atoms with Crippen LogP contribution < -0.4 is 5.32 Å². The highest BCUT2D eigenvalue weighted by molar-refractivity contribution is 6.33. The predicted molar refractivity (Wildman–Crippen MR) is 68.7 cm³/mol. The molecule has 0 spiro atoms. The van der Waals surface area contributed by atoms with Crippen molar-refractivity contribution in [1.29, 1.82) is 0 Å². The molecule has 1 aliphatic rings. The number of benzene rings is 1. The van der Waals surface area contributed by atoms with Gasteiger partial charge >= 0.3 is 5.97 Å². The molecule has 1 saturated carbocycles. The van der Waals surface area contributed by atoms with Gasteiger partial charge in [-0.05, 0) is 42.4 Å². The van der Waals surface area contributed by atoms with E-state index in [1.54, 1.807) is 0 Å². The van der Waals surface area contributed by atoms with Crippen LogP contribution in [0.5, 0.6) is 0 Å². The first-order valence-electron chi connectivity index (χ1n) is 5.81. The van der Waals surface area contributed by atoms with Gasteiger partial charge in [0.25, 0.3) is 0 Å². The maximum atomic E-state index is 10.9. The van der Waals surface area contributed by atoms with E-state index < -0.39 is 5.97 Å². The van der Waals surface area contributed by atoms with E-state index in [0.29, 0.717) is 10.9 Å². The van der Waals surface area contributed by atoms with E-state index >= 15 is 0 Å². The summed E-state index contributed by atoms with van der Waals surface area (Å²) in [6.07, 6.45) is 2.47. The molecule has 1 unspecified atom stereocenters. The van der Waals surface area contributed by atoms with Crippen LogP contribution in [0.2, 0.25) is 5.02 Å². The topological polar surface area (TPSA) is 49.3 Å². The normalized spacial score (nSPS) is 16.6. The fourth-order valence-corrected chi connectivity index (χ4v) is 2.42. The van der Waals surface area contributed by atoms with Crippen LogP contribution in [0.15, 0.2) is 18.2 Å². The average molecular weight is 254 g/mol. The molecular weight excluding hydrogens is 238 g/mol. The Morgan fingerprint density at radius 2 is 2.29 bits per heavy atom. The second kappa shape index (κ2) is 4.96. The summed E-state index contributed by atoms with van der Waals surface area (Å²) < 4.78 is 0. The van der Waals surface area contributed by atoms with Gasteiger partial charge in [0.1, 0.15) is 0 Å². The van der Waals surface area contributed by atoms with Gasteiger partial charge in [0.2, 0.25) is 0 Å². The number of carboxylic acid groups (broad SMARTS) is 1. The van der Waals surface area contributed by atoms with Gasteiger partial charge in [-0.15, -0.1) is 0 Å². The summed E-state index contributed by atoms with van der Waals surface area (Å²) in [6, 6.07) is 5.74. The van der Waals surface area contributed by atoms with Gasteiger partial charge in [-0.2, -0.15) is 0 Å². The smallest absolute Gasteiger partial charge is 0.303 e. The van der Waals surface area contributed by atoms with E-state index in [2.05, 4.69) is 5.32 Å². The molecule has 1 fully saturated rings. The minimum Gasteiger partial charge on any atom is -0.481 e. The predicted octanol–water partition coefficient (Wildman–Crippen LogP) is 3.35. The Balaban J connectivity index is 2.25. The fourth-order valence-electron chi connectivity index (χ4n) is 2.21. The Morgan fingerprint density at radius 3 is 2.82 bits per heavy atom. The third kappa shape index (κ3) is 2.91. The van der Waals surface area contributed by atoms with Gasteiger partial charge in [0, 0.05) is 7.05 Å². The number of aliphatic carboxylic acids is 1. The zero-order chi connectivity index (χ0) is 12.4. The second-order valence-electron chi connectivity index (χ2n) is 4.53. The zero-order valence-corrected chi connectivity index (χ0v) is 10.5. The van der Waals surface area contributed by atoms with Crippen LogP contribution in [0.1, 0.15) is 30.7 Å². The Kier molecular flexibility index (Phi) is 3.57. The average Bonchev–Trinajstić information content (AvgIpc) is 3.10. The van der Waals surface area contributed by atoms with Crippen molar-refractivity contribution in [2.24, 2.45) is 5.92 Å². The van der Waals surface area contributed by atoms with Crippen LogP contribution in [0.4, 0.5) is 5.69 Å². The van der Waals surface area contributed by atoms with Gasteiger partial charge in [-0.25, -0.2) is 0 Å². The third-order valence-corrected chi connectivity index (χ3v) is 3.60. The molecule has 0 heterocycles. The van der Waals surface area contributed by atoms with Gasteiger partial charge in [-0.1, -0.05) is 17.7 Å². The van der Waals surface area contributed by atoms with Crippen LogP contribution in [0.25, 0.3) is 0 Å². The molecule has 0 amide bonds. The lowest BCUT2D eigenvalue weighted by Gasteiger charge is -2.16. The fraction of sp³-hybridized carbons (Fsp3) is 0.462. The summed E-state index contributed by atoms with van der Waals surface area (Å²) in [5.41, 5.74) is 1.93. The Labute approximate surface area is 106 Å². The first-order valence-corrected chi connectivity index (χ1v) is 6.18. The van der Waals surface area contributed by atoms with Crippen molar-refractivity contribution in [2.45, 2.75) is 25.2 Å². The van der Waals surface area contributed by atoms with Crippen molar-refractivity contribution in [3.8, 4) is 0 Å². The molecule has 92 valence electrons. The number of carboxylic acids is 1. The third-order valence-electron chi connectivity index (χ3n) is 3.27. The SMILES string of the molecule is CNc1cc(C(CC(=O)O)C2CC2)ccc1Cl. The molecule has 1 aromatic carbocycles. The highest BCUT2D eigenvalue weighted by atomic mass is 35.5. The Bertz CT molecular complexity index is 429. The number of nitrogens with one attached hydrogen (secondary N) is 1. The van der Waals surface area contributed by atoms with Crippen molar-refractivity contribution >= 4 is 23.3 Å². The van der Waals surface area contributed by atoms with E-state index in [9.17, 15) is 4.79 Å². The molecule has 1 aromatic rings. The number of hydrogen-bond acceptors (Lipinski definition) is 2. The molecule has 0 radical (unpaired) electrons. The molecule has 1 aliphatic carbocycles. The van der Waals surface area contributed by atoms with Gasteiger partial charge in [-0.3, -0.25) is 4.79 Å². The standard InChI is InChI=1S/C13H16ClNO2/c1-15-12-6-9(4-5-11(12)14)10(7-13(16)17)8-2-3-8/h4-6,8,10,15H,2-3,7H2,1H3,(H,16,17). The molecule has 3 nitrogen and oxygen atoms in total. The molecule has 2 rings (SSSR count). The van der Waals surface area contributed by atoms with E-state index in [1.807, 2.05) is 25.2 Å². The minimum atomic E-state index is -0.733. The van der Waals surface area contributed by atoms with E-state index in [1.165, 1.54) is 0 Å². The molecule has 1 atom stereocenters. The molecule has 0 saturated heterocycles. The first kappa shape index (κ1) is 12.2. The van der Waals surface area contributed by atoms with Gasteiger partial charge in [0.05, 0.1) is 17.1 Å². The number of carbonyl (C=O) groups is 1. The highest BCUT2D eigenvalue weighted by Crippen LogP contribution is 2.45. The summed E-state index contributed by atoms with van der Waals surface area (Å²) in [5.74, 6) is -0.0864. The monoisotopic (exact) mass is 253 g/mol. The largest absolute Gasteiger partial charge is 0.481 e. The molecule has 17 heavy (non-hydrogen) atoms. The zero-order valence-electron chi connectivity index (χ0n) is 9.74. The van der Waals surface area contributed by atoms with Crippen molar-refractivity contribution in [1.82, 2.24) is 0 Å². The summed E-state index contributed by atoms with van der Waals surface area (Å²) in [4.78, 5) is 10.9. The van der Waals surface area contributed by atoms with Crippen LogP contribution in [-0.2, 0) is 4.79 Å². The lowest BCUT2D eigenvalue weighted by molar-refractivity contribution is -0.137. The minimum absolute atomic E-state index is 0.122. The molecule has 4 heteroatoms. The molecule has 2 N–H and O–H groups in total. The lowest BCUT2D eigenvalue weighted by Crippen LogP contribution is -2.08. The van der Waals surface area contributed by atoms with Crippen LogP contribution >= 0.6 is 11.6 Å². The summed E-state index contributed by atoms with van der Waals surface area (Å²) in [6.45, 7) is 0. The summed E-state index contributed by atoms with van der Waals surface area (Å²) >= 11 is 6.02. The van der Waals surface area contributed by atoms with Crippen molar-refractivity contribution in [3.63, 3.8) is 0 Å². The number of rotatable bonds is 5.